The van der Waals surface area contributed by atoms with Crippen molar-refractivity contribution in [3.63, 3.8) is 0 Å². The Labute approximate surface area is 158 Å². The smallest absolute Gasteiger partial charge is 0.266 e. The quantitative estimate of drug-likeness (QED) is 0.572. The molecular formula is C20H23N3O2S. The fourth-order valence-electron chi connectivity index (χ4n) is 2.68. The second kappa shape index (κ2) is 8.38. The zero-order valence-electron chi connectivity index (χ0n) is 15.3. The van der Waals surface area contributed by atoms with Crippen molar-refractivity contribution in [2.45, 2.75) is 13.3 Å². The van der Waals surface area contributed by atoms with Crippen LogP contribution in [0, 0.1) is 6.92 Å². The third kappa shape index (κ3) is 4.08. The van der Waals surface area contributed by atoms with Crippen LogP contribution in [0.3, 0.4) is 0 Å². The summed E-state index contributed by atoms with van der Waals surface area (Å²) in [6.45, 7) is 3.25. The van der Waals surface area contributed by atoms with E-state index in [1.54, 1.807) is 12.0 Å². The van der Waals surface area contributed by atoms with Gasteiger partial charge in [-0.2, -0.15) is 0 Å². The molecule has 0 N–H and O–H groups in total. The molecule has 5 nitrogen and oxygen atoms in total. The van der Waals surface area contributed by atoms with Crippen molar-refractivity contribution in [1.29, 1.82) is 0 Å². The molecule has 0 radical (unpaired) electrons. The molecule has 0 spiro atoms. The highest BCUT2D eigenvalue weighted by molar-refractivity contribution is 8.18. The Kier molecular flexibility index (Phi) is 5.96. The van der Waals surface area contributed by atoms with Gasteiger partial charge in [-0.25, -0.2) is 4.99 Å². The molecule has 0 atom stereocenters. The number of methoxy groups -OCH3 is 1. The van der Waals surface area contributed by atoms with Gasteiger partial charge in [0.2, 0.25) is 0 Å². The molecule has 136 valence electrons. The van der Waals surface area contributed by atoms with E-state index in [9.17, 15) is 4.79 Å². The lowest BCUT2D eigenvalue weighted by Crippen LogP contribution is -2.30. The molecule has 2 heterocycles. The first-order valence-electron chi connectivity index (χ1n) is 8.56. The summed E-state index contributed by atoms with van der Waals surface area (Å²) in [7, 11) is 3.67. The van der Waals surface area contributed by atoms with Crippen molar-refractivity contribution in [3.8, 4) is 0 Å². The molecule has 1 saturated heterocycles. The van der Waals surface area contributed by atoms with Gasteiger partial charge in [-0.3, -0.25) is 9.69 Å². The van der Waals surface area contributed by atoms with E-state index in [1.807, 2.05) is 62.5 Å². The standard InChI is InChI=1S/C20H23N3O2S/c1-15-10-11-17(22(15)2)14-18-19(24)23(12-7-13-25-3)20(26-18)21-16-8-5-4-6-9-16/h4-6,8-11,14H,7,12-13H2,1-3H3/b18-14-,21-20?. The third-order valence-corrected chi connectivity index (χ3v) is 5.30. The SMILES string of the molecule is COCCCN1C(=O)/C(=C/c2ccc(C)n2C)SC1=Nc1ccccc1. The van der Waals surface area contributed by atoms with E-state index >= 15 is 0 Å². The summed E-state index contributed by atoms with van der Waals surface area (Å²) in [5, 5.41) is 0.717. The predicted octanol–water partition coefficient (Wildman–Crippen LogP) is 3.97. The van der Waals surface area contributed by atoms with Crippen LogP contribution in [-0.2, 0) is 16.6 Å². The van der Waals surface area contributed by atoms with Crippen LogP contribution in [0.15, 0.2) is 52.4 Å². The Morgan fingerprint density at radius 3 is 2.62 bits per heavy atom. The maximum Gasteiger partial charge on any atom is 0.266 e. The highest BCUT2D eigenvalue weighted by Gasteiger charge is 2.33. The summed E-state index contributed by atoms with van der Waals surface area (Å²) in [6, 6.07) is 13.8. The van der Waals surface area contributed by atoms with Crippen LogP contribution < -0.4 is 0 Å². The number of rotatable bonds is 6. The van der Waals surface area contributed by atoms with Gasteiger partial charge in [0.1, 0.15) is 0 Å². The number of hydrogen-bond donors (Lipinski definition) is 0. The van der Waals surface area contributed by atoms with E-state index < -0.39 is 0 Å². The average molecular weight is 369 g/mol. The molecule has 0 unspecified atom stereocenters. The fraction of sp³-hybridized carbons (Fsp3) is 0.300. The van der Waals surface area contributed by atoms with Crippen LogP contribution in [0.25, 0.3) is 6.08 Å². The van der Waals surface area contributed by atoms with Gasteiger partial charge < -0.3 is 9.30 Å². The number of para-hydroxylation sites is 1. The van der Waals surface area contributed by atoms with Gasteiger partial charge in [-0.15, -0.1) is 0 Å². The van der Waals surface area contributed by atoms with Crippen molar-refractivity contribution in [2.24, 2.45) is 12.0 Å². The third-order valence-electron chi connectivity index (χ3n) is 4.29. The van der Waals surface area contributed by atoms with Crippen molar-refractivity contribution in [2.75, 3.05) is 20.3 Å². The van der Waals surface area contributed by atoms with Gasteiger partial charge in [0, 0.05) is 38.7 Å². The normalized spacial score (nSPS) is 17.7. The summed E-state index contributed by atoms with van der Waals surface area (Å²) in [6.07, 6.45) is 2.71. The van der Waals surface area contributed by atoms with E-state index in [0.717, 1.165) is 28.7 Å². The monoisotopic (exact) mass is 369 g/mol. The number of benzene rings is 1. The zero-order chi connectivity index (χ0) is 18.5. The Hall–Kier alpha value is -2.31. The van der Waals surface area contributed by atoms with E-state index in [2.05, 4.69) is 9.56 Å². The van der Waals surface area contributed by atoms with E-state index in [0.29, 0.717) is 18.1 Å². The molecule has 6 heteroatoms. The molecule has 0 saturated carbocycles. The number of carbonyl (C=O) groups excluding carboxylic acids is 1. The minimum Gasteiger partial charge on any atom is -0.385 e. The van der Waals surface area contributed by atoms with Gasteiger partial charge in [0.05, 0.1) is 10.6 Å². The second-order valence-electron chi connectivity index (χ2n) is 6.10. The average Bonchev–Trinajstić information content (AvgIpc) is 3.11. The van der Waals surface area contributed by atoms with Gasteiger partial charge >= 0.3 is 0 Å². The number of aryl methyl sites for hydroxylation is 1. The molecule has 0 bridgehead atoms. The molecule has 1 aromatic carbocycles. The van der Waals surface area contributed by atoms with Gasteiger partial charge in [-0.1, -0.05) is 18.2 Å². The molecule has 1 aromatic heterocycles. The number of ether oxygens (including phenoxy) is 1. The largest absolute Gasteiger partial charge is 0.385 e. The number of amides is 1. The predicted molar refractivity (Wildman–Crippen MR) is 107 cm³/mol. The number of nitrogens with zero attached hydrogens (tertiary/aromatic N) is 3. The van der Waals surface area contributed by atoms with Crippen LogP contribution in [-0.4, -0.2) is 40.8 Å². The molecule has 1 aliphatic rings. The first-order chi connectivity index (χ1) is 12.6. The fourth-order valence-corrected chi connectivity index (χ4v) is 3.69. The molecule has 1 aliphatic heterocycles. The van der Waals surface area contributed by atoms with Crippen molar-refractivity contribution in [3.05, 3.63) is 58.8 Å². The Morgan fingerprint density at radius 2 is 1.96 bits per heavy atom. The lowest BCUT2D eigenvalue weighted by atomic mass is 10.3. The van der Waals surface area contributed by atoms with Crippen molar-refractivity contribution >= 4 is 34.6 Å². The first-order valence-corrected chi connectivity index (χ1v) is 9.38. The molecular weight excluding hydrogens is 346 g/mol. The Bertz CT molecular complexity index is 840. The molecule has 3 rings (SSSR count). The van der Waals surface area contributed by atoms with E-state index in [1.165, 1.54) is 11.8 Å². The highest BCUT2D eigenvalue weighted by atomic mass is 32.2. The molecule has 1 fully saturated rings. The highest BCUT2D eigenvalue weighted by Crippen LogP contribution is 2.34. The van der Waals surface area contributed by atoms with Gasteiger partial charge in [0.25, 0.3) is 5.91 Å². The second-order valence-corrected chi connectivity index (χ2v) is 7.11. The zero-order valence-corrected chi connectivity index (χ0v) is 16.1. The Morgan fingerprint density at radius 1 is 1.19 bits per heavy atom. The summed E-state index contributed by atoms with van der Waals surface area (Å²) >= 11 is 1.43. The summed E-state index contributed by atoms with van der Waals surface area (Å²) < 4.78 is 7.20. The van der Waals surface area contributed by atoms with E-state index in [4.69, 9.17) is 4.74 Å². The minimum absolute atomic E-state index is 0.000336. The molecule has 26 heavy (non-hydrogen) atoms. The van der Waals surface area contributed by atoms with Crippen molar-refractivity contribution in [1.82, 2.24) is 9.47 Å². The maximum absolute atomic E-state index is 12.9. The van der Waals surface area contributed by atoms with Crippen LogP contribution in [0.4, 0.5) is 5.69 Å². The number of thioether (sulfide) groups is 1. The summed E-state index contributed by atoms with van der Waals surface area (Å²) in [5.41, 5.74) is 3.01. The number of hydrogen-bond acceptors (Lipinski definition) is 4. The van der Waals surface area contributed by atoms with Gasteiger partial charge in [0.15, 0.2) is 5.17 Å². The van der Waals surface area contributed by atoms with Crippen LogP contribution in [0.1, 0.15) is 17.8 Å². The molecule has 1 amide bonds. The van der Waals surface area contributed by atoms with Crippen LogP contribution in [0.5, 0.6) is 0 Å². The molecule has 2 aromatic rings. The van der Waals surface area contributed by atoms with Crippen molar-refractivity contribution < 1.29 is 9.53 Å². The topological polar surface area (TPSA) is 46.8 Å². The lowest BCUT2D eigenvalue weighted by molar-refractivity contribution is -0.122. The number of aliphatic imine (C=N–C) groups is 1. The van der Waals surface area contributed by atoms with Gasteiger partial charge in [-0.05, 0) is 55.4 Å². The number of carbonyl (C=O) groups is 1. The van der Waals surface area contributed by atoms with Crippen LogP contribution in [0.2, 0.25) is 0 Å². The minimum atomic E-state index is -0.000336. The number of amidine groups is 1. The first kappa shape index (κ1) is 18.5. The summed E-state index contributed by atoms with van der Waals surface area (Å²) in [5.74, 6) is -0.000336. The Balaban J connectivity index is 1.90. The van der Waals surface area contributed by atoms with Crippen LogP contribution >= 0.6 is 11.8 Å². The molecule has 0 aliphatic carbocycles. The maximum atomic E-state index is 12.9. The number of aromatic nitrogens is 1. The lowest BCUT2D eigenvalue weighted by Gasteiger charge is -2.15. The van der Waals surface area contributed by atoms with E-state index in [-0.39, 0.29) is 5.91 Å². The summed E-state index contributed by atoms with van der Waals surface area (Å²) in [4.78, 5) is 20.1.